The van der Waals surface area contributed by atoms with Crippen LogP contribution >= 0.6 is 11.3 Å². The van der Waals surface area contributed by atoms with Crippen molar-refractivity contribution in [3.63, 3.8) is 0 Å². The van der Waals surface area contributed by atoms with Crippen molar-refractivity contribution in [3.8, 4) is 0 Å². The van der Waals surface area contributed by atoms with Crippen LogP contribution in [0.2, 0.25) is 0 Å². The lowest BCUT2D eigenvalue weighted by atomic mass is 10.1. The predicted octanol–water partition coefficient (Wildman–Crippen LogP) is 3.24. The molecule has 5 heteroatoms. The van der Waals surface area contributed by atoms with Gasteiger partial charge in [-0.2, -0.15) is 0 Å². The largest absolute Gasteiger partial charge is 0.345 e. The van der Waals surface area contributed by atoms with Crippen LogP contribution in [-0.2, 0) is 4.79 Å². The van der Waals surface area contributed by atoms with Gasteiger partial charge in [0.25, 0.3) is 0 Å². The number of carbonyl (C=O) groups excluding carboxylic acids is 1. The summed E-state index contributed by atoms with van der Waals surface area (Å²) >= 11 is 1.69. The Hall–Kier alpha value is -1.36. The Morgan fingerprint density at radius 3 is 2.57 bits per heavy atom. The van der Waals surface area contributed by atoms with Gasteiger partial charge in [-0.3, -0.25) is 4.79 Å². The van der Waals surface area contributed by atoms with Crippen molar-refractivity contribution in [2.45, 2.75) is 40.0 Å². The normalized spacial score (nSPS) is 16.4. The van der Waals surface area contributed by atoms with Crippen LogP contribution in [0.15, 0.2) is 17.0 Å². The van der Waals surface area contributed by atoms with Gasteiger partial charge >= 0.3 is 0 Å². The molecule has 0 saturated carbocycles. The van der Waals surface area contributed by atoms with E-state index in [-0.39, 0.29) is 5.91 Å². The molecule has 0 unspecified atom stereocenters. The van der Waals surface area contributed by atoms with E-state index in [1.165, 1.54) is 0 Å². The van der Waals surface area contributed by atoms with E-state index in [9.17, 15) is 4.79 Å². The minimum absolute atomic E-state index is 0.230. The van der Waals surface area contributed by atoms with Gasteiger partial charge in [0.2, 0.25) is 5.91 Å². The number of piperazine rings is 1. The lowest BCUT2D eigenvalue weighted by Gasteiger charge is -2.35. The molecule has 1 fully saturated rings. The molecule has 1 amide bonds. The third kappa shape index (κ3) is 4.06. The zero-order valence-electron chi connectivity index (χ0n) is 13.3. The second kappa shape index (κ2) is 7.59. The Bertz CT molecular complexity index is 501. The van der Waals surface area contributed by atoms with Crippen LogP contribution in [0.3, 0.4) is 0 Å². The zero-order chi connectivity index (χ0) is 15.2. The van der Waals surface area contributed by atoms with Gasteiger partial charge in [-0.05, 0) is 19.8 Å². The fourth-order valence-electron chi connectivity index (χ4n) is 2.60. The van der Waals surface area contributed by atoms with Gasteiger partial charge in [0, 0.05) is 37.1 Å². The molecule has 2 rings (SSSR count). The smallest absolute Gasteiger partial charge is 0.249 e. The van der Waals surface area contributed by atoms with Crippen LogP contribution < -0.4 is 4.90 Å². The van der Waals surface area contributed by atoms with Crippen molar-refractivity contribution in [1.29, 1.82) is 0 Å². The fourth-order valence-corrected chi connectivity index (χ4v) is 3.46. The highest BCUT2D eigenvalue weighted by Crippen LogP contribution is 2.22. The average Bonchev–Trinajstić information content (AvgIpc) is 2.93. The van der Waals surface area contributed by atoms with Crippen LogP contribution in [0.5, 0.6) is 0 Å². The highest BCUT2D eigenvalue weighted by Gasteiger charge is 2.24. The molecular formula is C16H25N3OS. The second-order valence-corrected chi connectivity index (χ2v) is 6.27. The molecule has 0 N–H and O–H groups in total. The van der Waals surface area contributed by atoms with Crippen LogP contribution in [0.4, 0.5) is 5.13 Å². The summed E-state index contributed by atoms with van der Waals surface area (Å²) in [5.41, 5.74) is 2.06. The van der Waals surface area contributed by atoms with Gasteiger partial charge < -0.3 is 9.80 Å². The Labute approximate surface area is 131 Å². The number of carbonyl (C=O) groups is 1. The maximum absolute atomic E-state index is 12.6. The first kappa shape index (κ1) is 16.0. The van der Waals surface area contributed by atoms with E-state index in [1.54, 1.807) is 11.3 Å². The molecule has 1 aliphatic rings. The topological polar surface area (TPSA) is 36.4 Å². The Kier molecular flexibility index (Phi) is 5.79. The summed E-state index contributed by atoms with van der Waals surface area (Å²) in [4.78, 5) is 21.4. The summed E-state index contributed by atoms with van der Waals surface area (Å²) in [6.45, 7) is 9.58. The van der Waals surface area contributed by atoms with Crippen LogP contribution in [0.1, 0.15) is 38.8 Å². The van der Waals surface area contributed by atoms with Gasteiger partial charge in [-0.25, -0.2) is 4.98 Å². The maximum atomic E-state index is 12.6. The molecule has 2 heterocycles. The van der Waals surface area contributed by atoms with Crippen molar-refractivity contribution in [2.75, 3.05) is 31.1 Å². The molecule has 0 bridgehead atoms. The molecule has 116 valence electrons. The third-order valence-corrected chi connectivity index (χ3v) is 4.71. The van der Waals surface area contributed by atoms with Gasteiger partial charge in [-0.1, -0.05) is 26.3 Å². The number of aryl methyl sites for hydroxylation is 1. The molecule has 0 spiro atoms. The van der Waals surface area contributed by atoms with E-state index >= 15 is 0 Å². The van der Waals surface area contributed by atoms with Crippen LogP contribution in [0.25, 0.3) is 0 Å². The fraction of sp³-hybridized carbons (Fsp3) is 0.625. The van der Waals surface area contributed by atoms with E-state index < -0.39 is 0 Å². The molecule has 1 aromatic heterocycles. The van der Waals surface area contributed by atoms with Crippen molar-refractivity contribution < 1.29 is 4.79 Å². The Morgan fingerprint density at radius 2 is 2.05 bits per heavy atom. The van der Waals surface area contributed by atoms with Gasteiger partial charge in [0.1, 0.15) is 0 Å². The summed E-state index contributed by atoms with van der Waals surface area (Å²) in [6.07, 6.45) is 4.93. The molecule has 0 aliphatic carbocycles. The first-order valence-electron chi connectivity index (χ1n) is 7.81. The highest BCUT2D eigenvalue weighted by atomic mass is 32.1. The number of rotatable bonds is 5. The maximum Gasteiger partial charge on any atom is 0.249 e. The monoisotopic (exact) mass is 307 g/mol. The molecule has 1 aliphatic heterocycles. The second-order valence-electron chi connectivity index (χ2n) is 5.44. The minimum Gasteiger partial charge on any atom is -0.345 e. The standard InChI is InChI=1S/C16H25N3OS/c1-4-6-14(7-5-2)15(20)18-8-10-19(11-9-18)16-17-13(3)12-21-16/h6,12H,4-5,7-11H2,1-3H3/b14-6+. The van der Waals surface area contributed by atoms with Crippen LogP contribution in [-0.4, -0.2) is 42.0 Å². The van der Waals surface area contributed by atoms with Crippen LogP contribution in [0, 0.1) is 6.92 Å². The summed E-state index contributed by atoms with van der Waals surface area (Å²) in [7, 11) is 0. The molecule has 21 heavy (non-hydrogen) atoms. The molecule has 1 aromatic rings. The first-order chi connectivity index (χ1) is 10.2. The van der Waals surface area contributed by atoms with E-state index in [1.807, 2.05) is 11.8 Å². The number of allylic oxidation sites excluding steroid dienone is 1. The number of nitrogens with zero attached hydrogens (tertiary/aromatic N) is 3. The molecule has 0 atom stereocenters. The van der Waals surface area contributed by atoms with Gasteiger partial charge in [0.15, 0.2) is 5.13 Å². The summed E-state index contributed by atoms with van der Waals surface area (Å²) in [6, 6.07) is 0. The first-order valence-corrected chi connectivity index (χ1v) is 8.69. The number of anilines is 1. The lowest BCUT2D eigenvalue weighted by molar-refractivity contribution is -0.127. The van der Waals surface area contributed by atoms with E-state index in [0.717, 1.165) is 61.8 Å². The van der Waals surface area contributed by atoms with Gasteiger partial charge in [0.05, 0.1) is 5.69 Å². The van der Waals surface area contributed by atoms with E-state index in [2.05, 4.69) is 35.2 Å². The van der Waals surface area contributed by atoms with Crippen molar-refractivity contribution in [3.05, 3.63) is 22.7 Å². The zero-order valence-corrected chi connectivity index (χ0v) is 14.1. The Balaban J connectivity index is 1.93. The summed E-state index contributed by atoms with van der Waals surface area (Å²) < 4.78 is 0. The minimum atomic E-state index is 0.230. The molecule has 4 nitrogen and oxygen atoms in total. The van der Waals surface area contributed by atoms with Crippen molar-refractivity contribution in [1.82, 2.24) is 9.88 Å². The quantitative estimate of drug-likeness (QED) is 0.784. The van der Waals surface area contributed by atoms with E-state index in [4.69, 9.17) is 0 Å². The number of amides is 1. The van der Waals surface area contributed by atoms with Crippen molar-refractivity contribution in [2.24, 2.45) is 0 Å². The molecular weight excluding hydrogens is 282 g/mol. The number of hydrogen-bond donors (Lipinski definition) is 0. The summed E-state index contributed by atoms with van der Waals surface area (Å²) in [5, 5.41) is 3.16. The SMILES string of the molecule is CC/C=C(\CCC)C(=O)N1CCN(c2nc(C)cs2)CC1. The average molecular weight is 307 g/mol. The summed E-state index contributed by atoms with van der Waals surface area (Å²) in [5.74, 6) is 0.230. The van der Waals surface area contributed by atoms with Crippen molar-refractivity contribution >= 4 is 22.4 Å². The highest BCUT2D eigenvalue weighted by molar-refractivity contribution is 7.13. The number of thiazole rings is 1. The predicted molar refractivity (Wildman–Crippen MR) is 88.9 cm³/mol. The third-order valence-electron chi connectivity index (χ3n) is 3.69. The van der Waals surface area contributed by atoms with E-state index in [0.29, 0.717) is 0 Å². The number of aromatic nitrogens is 1. The molecule has 0 aromatic carbocycles. The number of hydrogen-bond acceptors (Lipinski definition) is 4. The molecule has 1 saturated heterocycles. The lowest BCUT2D eigenvalue weighted by Crippen LogP contribution is -2.49. The van der Waals surface area contributed by atoms with Gasteiger partial charge in [-0.15, -0.1) is 11.3 Å². The molecule has 0 radical (unpaired) electrons. The Morgan fingerprint density at radius 1 is 1.33 bits per heavy atom.